The second-order valence-corrected chi connectivity index (χ2v) is 0. The van der Waals surface area contributed by atoms with Gasteiger partial charge in [-0.25, -0.2) is 0 Å². The molecule has 4 heavy (non-hydrogen) atoms. The first kappa shape index (κ1) is 34.2. The van der Waals surface area contributed by atoms with Crippen LogP contribution in [-0.2, 0) is 0 Å². The van der Waals surface area contributed by atoms with Gasteiger partial charge in [0.25, 0.3) is 0 Å². The summed E-state index contributed by atoms with van der Waals surface area (Å²) in [5.41, 5.74) is 0. The molecule has 0 aromatic carbocycles. The summed E-state index contributed by atoms with van der Waals surface area (Å²) >= 11 is 0. The van der Waals surface area contributed by atoms with Gasteiger partial charge >= 0.3 is 0 Å². The first-order chi connectivity index (χ1) is 1.00. The minimum atomic E-state index is 0. The van der Waals surface area contributed by atoms with Crippen molar-refractivity contribution in [2.45, 2.75) is 0 Å². The van der Waals surface area contributed by atoms with E-state index < -0.39 is 0 Å². The zero-order chi connectivity index (χ0) is 2.00. The second-order valence-electron chi connectivity index (χ2n) is 0. The van der Waals surface area contributed by atoms with Gasteiger partial charge in [0.1, 0.15) is 0 Å². The molecule has 0 unspecified atom stereocenters. The molecule has 0 saturated carbocycles. The first-order valence-electron chi connectivity index (χ1n) is 0.333. The monoisotopic (exact) mass is 54.1 g/mol. The molecule has 20 valence electrons. The highest BCUT2D eigenvalue weighted by Crippen LogP contribution is -0.0190. The molecule has 6 radical (unpaired) electrons. The summed E-state index contributed by atoms with van der Waals surface area (Å²) in [6, 6.07) is 0. The summed E-state index contributed by atoms with van der Waals surface area (Å²) in [5, 5.41) is 0. The highest BCUT2D eigenvalue weighted by Gasteiger charge is 0.726. The Kier molecular flexibility index (Phi) is 44000. The van der Waals surface area contributed by atoms with E-state index in [2.05, 4.69) is 11.7 Å². The smallest absolute Gasteiger partial charge is 0 e. The summed E-state index contributed by atoms with van der Waals surface area (Å²) in [7, 11) is 0. The van der Waals surface area contributed by atoms with Gasteiger partial charge in [0.2, 0.25) is 0 Å². The van der Waals surface area contributed by atoms with Crippen molar-refractivity contribution in [1.29, 1.82) is 0 Å². The number of hydrogen-bond acceptors (Lipinski definition) is 2. The standard InChI is InChI=1S/2B.H4N2/c;;1-2/h;;1-2H2. The van der Waals surface area contributed by atoms with Gasteiger partial charge in [0.15, 0.2) is 0 Å². The van der Waals surface area contributed by atoms with Gasteiger partial charge in [-0.3, -0.25) is 11.7 Å². The third kappa shape index (κ3) is 908. The van der Waals surface area contributed by atoms with Crippen LogP contribution >= 0.6 is 0 Å². The highest BCUT2D eigenvalue weighted by molar-refractivity contribution is 5.76. The lowest BCUT2D eigenvalue weighted by molar-refractivity contribution is 1.26. The van der Waals surface area contributed by atoms with Gasteiger partial charge in [-0.2, -0.15) is 0 Å². The predicted octanol–water partition coefficient (Wildman–Crippen LogP) is -1.94. The lowest BCUT2D eigenvalue weighted by atomic mass is 10.8. The Hall–Kier alpha value is 0.0499. The molecule has 0 rings (SSSR count). The quantitative estimate of drug-likeness (QED) is 0.192. The van der Waals surface area contributed by atoms with Crippen molar-refractivity contribution < 1.29 is 0 Å². The fourth-order valence-corrected chi connectivity index (χ4v) is 0. The first-order valence-corrected chi connectivity index (χ1v) is 0.333. The van der Waals surface area contributed by atoms with Gasteiger partial charge in [-0.15, -0.1) is 0 Å². The van der Waals surface area contributed by atoms with Crippen molar-refractivity contribution in [2.24, 2.45) is 11.7 Å². The van der Waals surface area contributed by atoms with E-state index in [1.165, 1.54) is 0 Å². The van der Waals surface area contributed by atoms with Crippen LogP contribution in [0.1, 0.15) is 0 Å². The average Bonchev–Trinajstić information content (AvgIpc) is 1.00. The number of hydrazine groups is 1. The fourth-order valence-electron chi connectivity index (χ4n) is 0. The molecule has 0 aliphatic heterocycles. The Bertz CT molecular complexity index is 4.00. The summed E-state index contributed by atoms with van der Waals surface area (Å²) in [4.78, 5) is 0. The molecule has 0 atom stereocenters. The number of rotatable bonds is 0. The molecule has 0 aliphatic rings. The van der Waals surface area contributed by atoms with E-state index in [4.69, 9.17) is 0 Å². The van der Waals surface area contributed by atoms with Crippen LogP contribution in [0.15, 0.2) is 0 Å². The van der Waals surface area contributed by atoms with Crippen LogP contribution in [0.3, 0.4) is 0 Å². The van der Waals surface area contributed by atoms with Crippen LogP contribution in [0.4, 0.5) is 0 Å². The van der Waals surface area contributed by atoms with Crippen molar-refractivity contribution in [3.8, 4) is 0 Å². The van der Waals surface area contributed by atoms with Crippen LogP contribution in [0.25, 0.3) is 0 Å². The van der Waals surface area contributed by atoms with Crippen molar-refractivity contribution in [2.75, 3.05) is 0 Å². The molecular formula is H4B2N2. The van der Waals surface area contributed by atoms with Gasteiger partial charge < -0.3 is 0 Å². The lowest BCUT2D eigenvalue weighted by Gasteiger charge is -1.27. The van der Waals surface area contributed by atoms with E-state index in [1.807, 2.05) is 0 Å². The number of hydrogen-bond donors (Lipinski definition) is 2. The molecule has 0 aliphatic carbocycles. The molecule has 0 aromatic rings. The topological polar surface area (TPSA) is 52.0 Å². The zero-order valence-corrected chi connectivity index (χ0v) is 2.31. The minimum Gasteiger partial charge on any atom is -0.274 e. The van der Waals surface area contributed by atoms with Gasteiger partial charge in [-0.05, 0) is 0 Å². The summed E-state index contributed by atoms with van der Waals surface area (Å²) in [5.74, 6) is 8.00. The SMILES string of the molecule is NN.[B].[B]. The Morgan fingerprint density at radius 3 is 0.750 bits per heavy atom. The number of nitrogens with two attached hydrogens (primary N) is 2. The normalized spacial score (nSPS) is 1.50. The Morgan fingerprint density at radius 1 is 0.750 bits per heavy atom. The highest BCUT2D eigenvalue weighted by atomic mass is 15.0. The van der Waals surface area contributed by atoms with Gasteiger partial charge in [0.05, 0.1) is 0 Å². The molecule has 4 heteroatoms. The molecule has 0 amide bonds. The molecule has 0 saturated heterocycles. The van der Waals surface area contributed by atoms with E-state index in [1.54, 1.807) is 0 Å². The van der Waals surface area contributed by atoms with Crippen molar-refractivity contribution in [3.63, 3.8) is 0 Å². The molecule has 0 bridgehead atoms. The van der Waals surface area contributed by atoms with Crippen LogP contribution < -0.4 is 11.7 Å². The van der Waals surface area contributed by atoms with Crippen LogP contribution in [0, 0.1) is 0 Å². The van der Waals surface area contributed by atoms with Crippen molar-refractivity contribution in [1.82, 2.24) is 0 Å². The maximum Gasteiger partial charge on any atom is 0 e. The molecular weight excluding hydrogens is 49.6 g/mol. The maximum absolute atomic E-state index is 4.00. The van der Waals surface area contributed by atoms with Crippen LogP contribution in [-0.4, -0.2) is 16.8 Å². The Balaban J connectivity index is -0.00000000500. The molecule has 0 fully saturated rings. The molecule has 0 heterocycles. The summed E-state index contributed by atoms with van der Waals surface area (Å²) < 4.78 is 0. The summed E-state index contributed by atoms with van der Waals surface area (Å²) in [6.07, 6.45) is 0. The van der Waals surface area contributed by atoms with Crippen molar-refractivity contribution in [3.05, 3.63) is 0 Å². The van der Waals surface area contributed by atoms with E-state index in [0.717, 1.165) is 0 Å². The molecule has 0 aromatic heterocycles. The third-order valence-electron chi connectivity index (χ3n) is 0. The van der Waals surface area contributed by atoms with E-state index in [-0.39, 0.29) is 16.8 Å². The van der Waals surface area contributed by atoms with Crippen molar-refractivity contribution >= 4 is 16.8 Å². The third-order valence-corrected chi connectivity index (χ3v) is 0. The minimum absolute atomic E-state index is 0. The van der Waals surface area contributed by atoms with E-state index >= 15 is 0 Å². The molecule has 0 spiro atoms. The molecule has 4 N–H and O–H groups in total. The maximum atomic E-state index is 4.00. The van der Waals surface area contributed by atoms with E-state index in [0.29, 0.717) is 0 Å². The van der Waals surface area contributed by atoms with Crippen LogP contribution in [0.2, 0.25) is 0 Å². The van der Waals surface area contributed by atoms with E-state index in [9.17, 15) is 0 Å². The summed E-state index contributed by atoms with van der Waals surface area (Å²) in [6.45, 7) is 0. The predicted molar refractivity (Wildman–Crippen MR) is 19.9 cm³/mol. The fraction of sp³-hybridized carbons (Fsp3) is 0. The Morgan fingerprint density at radius 2 is 0.750 bits per heavy atom. The Labute approximate surface area is 29.7 Å². The lowest BCUT2D eigenvalue weighted by Crippen LogP contribution is -2.02. The van der Waals surface area contributed by atoms with Gasteiger partial charge in [-0.1, -0.05) is 0 Å². The average molecular weight is 53.7 g/mol. The van der Waals surface area contributed by atoms with Crippen LogP contribution in [0.5, 0.6) is 0 Å². The van der Waals surface area contributed by atoms with Gasteiger partial charge in [0, 0.05) is 16.8 Å². The molecule has 2 nitrogen and oxygen atoms in total. The largest absolute Gasteiger partial charge is 0.274 e. The second kappa shape index (κ2) is 5150. The zero-order valence-electron chi connectivity index (χ0n) is 2.31.